The SMILES string of the molecule is CCCCN(CCN)C(=O)c1ccccc1. The molecule has 0 radical (unpaired) electrons. The molecule has 0 fully saturated rings. The molecule has 2 N–H and O–H groups in total. The number of carbonyl (C=O) groups excluding carboxylic acids is 1. The van der Waals surface area contributed by atoms with Gasteiger partial charge in [-0.25, -0.2) is 0 Å². The number of rotatable bonds is 6. The second-order valence-electron chi connectivity index (χ2n) is 3.80. The second kappa shape index (κ2) is 7.01. The summed E-state index contributed by atoms with van der Waals surface area (Å²) in [5.74, 6) is 0.0829. The Labute approximate surface area is 97.2 Å². The maximum Gasteiger partial charge on any atom is 0.253 e. The lowest BCUT2D eigenvalue weighted by Gasteiger charge is -2.21. The van der Waals surface area contributed by atoms with Crippen molar-refractivity contribution in [3.8, 4) is 0 Å². The van der Waals surface area contributed by atoms with E-state index in [4.69, 9.17) is 5.73 Å². The first-order valence-corrected chi connectivity index (χ1v) is 5.84. The van der Waals surface area contributed by atoms with E-state index in [2.05, 4.69) is 6.92 Å². The van der Waals surface area contributed by atoms with Crippen LogP contribution < -0.4 is 5.73 Å². The van der Waals surface area contributed by atoms with Gasteiger partial charge in [-0.05, 0) is 18.6 Å². The molecule has 0 aliphatic heterocycles. The molecule has 0 aliphatic carbocycles. The molecule has 3 nitrogen and oxygen atoms in total. The summed E-state index contributed by atoms with van der Waals surface area (Å²) in [4.78, 5) is 13.9. The third-order valence-corrected chi connectivity index (χ3v) is 2.49. The molecule has 0 unspecified atom stereocenters. The predicted octanol–water partition coefficient (Wildman–Crippen LogP) is 1.89. The Morgan fingerprint density at radius 3 is 2.50 bits per heavy atom. The van der Waals surface area contributed by atoms with Gasteiger partial charge in [0.25, 0.3) is 5.91 Å². The number of nitrogens with zero attached hydrogens (tertiary/aromatic N) is 1. The number of nitrogens with two attached hydrogens (primary N) is 1. The fraction of sp³-hybridized carbons (Fsp3) is 0.462. The predicted molar refractivity (Wildman–Crippen MR) is 66.3 cm³/mol. The van der Waals surface area contributed by atoms with Gasteiger partial charge < -0.3 is 10.6 Å². The van der Waals surface area contributed by atoms with Crippen LogP contribution in [-0.2, 0) is 0 Å². The monoisotopic (exact) mass is 220 g/mol. The van der Waals surface area contributed by atoms with Gasteiger partial charge in [-0.3, -0.25) is 4.79 Å². The summed E-state index contributed by atoms with van der Waals surface area (Å²) < 4.78 is 0. The van der Waals surface area contributed by atoms with Crippen molar-refractivity contribution >= 4 is 5.91 Å². The average molecular weight is 220 g/mol. The molecule has 16 heavy (non-hydrogen) atoms. The standard InChI is InChI=1S/C13H20N2O/c1-2-3-10-15(11-9-14)13(16)12-7-5-4-6-8-12/h4-8H,2-3,9-11,14H2,1H3. The van der Waals surface area contributed by atoms with Gasteiger partial charge in [0, 0.05) is 25.2 Å². The maximum atomic E-state index is 12.1. The van der Waals surface area contributed by atoms with E-state index in [-0.39, 0.29) is 5.91 Å². The molecule has 1 aromatic rings. The van der Waals surface area contributed by atoms with Crippen molar-refractivity contribution < 1.29 is 4.79 Å². The number of benzene rings is 1. The van der Waals surface area contributed by atoms with Crippen LogP contribution in [-0.4, -0.2) is 30.4 Å². The molecule has 1 aromatic carbocycles. The van der Waals surface area contributed by atoms with Gasteiger partial charge in [-0.1, -0.05) is 31.5 Å². The van der Waals surface area contributed by atoms with Crippen LogP contribution in [0.2, 0.25) is 0 Å². The Morgan fingerprint density at radius 1 is 1.25 bits per heavy atom. The molecule has 0 aliphatic rings. The van der Waals surface area contributed by atoms with E-state index in [1.165, 1.54) is 0 Å². The zero-order valence-electron chi connectivity index (χ0n) is 9.86. The van der Waals surface area contributed by atoms with Crippen molar-refractivity contribution in [2.24, 2.45) is 5.73 Å². The molecule has 3 heteroatoms. The van der Waals surface area contributed by atoms with E-state index in [0.29, 0.717) is 13.1 Å². The summed E-state index contributed by atoms with van der Waals surface area (Å²) in [6.07, 6.45) is 2.11. The number of amides is 1. The zero-order chi connectivity index (χ0) is 11.8. The van der Waals surface area contributed by atoms with Gasteiger partial charge in [0.1, 0.15) is 0 Å². The largest absolute Gasteiger partial charge is 0.337 e. The Kier molecular flexibility index (Phi) is 5.57. The van der Waals surface area contributed by atoms with Crippen LogP contribution in [0.5, 0.6) is 0 Å². The van der Waals surface area contributed by atoms with E-state index >= 15 is 0 Å². The molecule has 88 valence electrons. The minimum Gasteiger partial charge on any atom is -0.337 e. The first-order valence-electron chi connectivity index (χ1n) is 5.84. The molecule has 0 saturated heterocycles. The van der Waals surface area contributed by atoms with Gasteiger partial charge in [0.05, 0.1) is 0 Å². The summed E-state index contributed by atoms with van der Waals surface area (Å²) >= 11 is 0. The molecular formula is C13H20N2O. The number of carbonyl (C=O) groups is 1. The highest BCUT2D eigenvalue weighted by molar-refractivity contribution is 5.94. The molecule has 0 spiro atoms. The van der Waals surface area contributed by atoms with Crippen molar-refractivity contribution in [3.05, 3.63) is 35.9 Å². The zero-order valence-corrected chi connectivity index (χ0v) is 9.86. The van der Waals surface area contributed by atoms with Crippen molar-refractivity contribution in [3.63, 3.8) is 0 Å². The lowest BCUT2D eigenvalue weighted by molar-refractivity contribution is 0.0758. The van der Waals surface area contributed by atoms with E-state index in [0.717, 1.165) is 24.9 Å². The molecule has 0 heterocycles. The number of hydrogen-bond acceptors (Lipinski definition) is 2. The van der Waals surface area contributed by atoms with E-state index in [1.54, 1.807) is 0 Å². The molecule has 0 atom stereocenters. The fourth-order valence-electron chi connectivity index (χ4n) is 1.58. The summed E-state index contributed by atoms with van der Waals surface area (Å²) in [5.41, 5.74) is 6.27. The van der Waals surface area contributed by atoms with Crippen LogP contribution in [0.3, 0.4) is 0 Å². The Balaban J connectivity index is 2.67. The van der Waals surface area contributed by atoms with Gasteiger partial charge in [0.15, 0.2) is 0 Å². The van der Waals surface area contributed by atoms with Crippen LogP contribution in [0, 0.1) is 0 Å². The quantitative estimate of drug-likeness (QED) is 0.795. The topological polar surface area (TPSA) is 46.3 Å². The van der Waals surface area contributed by atoms with Crippen LogP contribution in [0.15, 0.2) is 30.3 Å². The minimum atomic E-state index is 0.0829. The third kappa shape index (κ3) is 3.66. The Hall–Kier alpha value is -1.35. The highest BCUT2D eigenvalue weighted by Gasteiger charge is 2.13. The highest BCUT2D eigenvalue weighted by atomic mass is 16.2. The van der Waals surface area contributed by atoms with Crippen LogP contribution in [0.1, 0.15) is 30.1 Å². The average Bonchev–Trinajstić information content (AvgIpc) is 2.35. The lowest BCUT2D eigenvalue weighted by atomic mass is 10.2. The number of unbranched alkanes of at least 4 members (excludes halogenated alkanes) is 1. The highest BCUT2D eigenvalue weighted by Crippen LogP contribution is 2.05. The summed E-state index contributed by atoms with van der Waals surface area (Å²) in [5, 5.41) is 0. The first-order chi connectivity index (χ1) is 7.79. The van der Waals surface area contributed by atoms with Gasteiger partial charge >= 0.3 is 0 Å². The molecule has 0 bridgehead atoms. The minimum absolute atomic E-state index is 0.0829. The normalized spacial score (nSPS) is 10.1. The third-order valence-electron chi connectivity index (χ3n) is 2.49. The summed E-state index contributed by atoms with van der Waals surface area (Å²) in [6, 6.07) is 9.37. The van der Waals surface area contributed by atoms with Crippen LogP contribution >= 0.6 is 0 Å². The summed E-state index contributed by atoms with van der Waals surface area (Å²) in [6.45, 7) is 4.06. The van der Waals surface area contributed by atoms with Crippen LogP contribution in [0.25, 0.3) is 0 Å². The number of hydrogen-bond donors (Lipinski definition) is 1. The molecule has 0 saturated carbocycles. The lowest BCUT2D eigenvalue weighted by Crippen LogP contribution is -2.36. The van der Waals surface area contributed by atoms with Gasteiger partial charge in [-0.15, -0.1) is 0 Å². The van der Waals surface area contributed by atoms with E-state index in [9.17, 15) is 4.79 Å². The second-order valence-corrected chi connectivity index (χ2v) is 3.80. The van der Waals surface area contributed by atoms with Crippen molar-refractivity contribution in [1.29, 1.82) is 0 Å². The molecule has 1 rings (SSSR count). The van der Waals surface area contributed by atoms with Crippen molar-refractivity contribution in [2.45, 2.75) is 19.8 Å². The molecule has 0 aromatic heterocycles. The first kappa shape index (κ1) is 12.7. The van der Waals surface area contributed by atoms with E-state index < -0.39 is 0 Å². The van der Waals surface area contributed by atoms with Crippen molar-refractivity contribution in [2.75, 3.05) is 19.6 Å². The van der Waals surface area contributed by atoms with Crippen molar-refractivity contribution in [1.82, 2.24) is 4.90 Å². The van der Waals surface area contributed by atoms with E-state index in [1.807, 2.05) is 35.2 Å². The summed E-state index contributed by atoms with van der Waals surface area (Å²) in [7, 11) is 0. The van der Waals surface area contributed by atoms with Gasteiger partial charge in [0.2, 0.25) is 0 Å². The van der Waals surface area contributed by atoms with Gasteiger partial charge in [-0.2, -0.15) is 0 Å². The Bertz CT molecular complexity index is 311. The smallest absolute Gasteiger partial charge is 0.253 e. The molecular weight excluding hydrogens is 200 g/mol. The fourth-order valence-corrected chi connectivity index (χ4v) is 1.58. The van der Waals surface area contributed by atoms with Crippen LogP contribution in [0.4, 0.5) is 0 Å². The Morgan fingerprint density at radius 2 is 1.94 bits per heavy atom. The molecule has 1 amide bonds. The maximum absolute atomic E-state index is 12.1.